The van der Waals surface area contributed by atoms with E-state index in [1.54, 1.807) is 17.0 Å². The van der Waals surface area contributed by atoms with Crippen LogP contribution in [0.1, 0.15) is 6.42 Å². The number of nitrogens with zero attached hydrogens (tertiary/aromatic N) is 3. The number of hydrogen-bond donors (Lipinski definition) is 2. The van der Waals surface area contributed by atoms with E-state index in [1.165, 1.54) is 23.7 Å². The van der Waals surface area contributed by atoms with Gasteiger partial charge in [0.25, 0.3) is 0 Å². The molecule has 9 heteroatoms. The number of aliphatic hydroxyl groups is 1. The summed E-state index contributed by atoms with van der Waals surface area (Å²) in [6.45, 7) is 4.94. The number of aliphatic hydroxyl groups excluding tert-OH is 1. The number of carbonyl (C=O) groups excluding carboxylic acids is 1. The van der Waals surface area contributed by atoms with Gasteiger partial charge in [-0.25, -0.2) is 4.39 Å². The predicted octanol–water partition coefficient (Wildman–Crippen LogP) is 5.20. The monoisotopic (exact) mass is 511 g/mol. The highest BCUT2D eigenvalue weighted by molar-refractivity contribution is 7.11. The highest BCUT2D eigenvalue weighted by Crippen LogP contribution is 2.44. The molecule has 0 aliphatic carbocycles. The number of amides is 1. The molecular weight excluding hydrogens is 489 g/mol. The molecule has 2 N–H and O–H groups in total. The largest absolute Gasteiger partial charge is 0.508 e. The van der Waals surface area contributed by atoms with E-state index in [0.717, 1.165) is 15.8 Å². The lowest BCUT2D eigenvalue weighted by Gasteiger charge is -2.41. The van der Waals surface area contributed by atoms with Crippen LogP contribution in [0.3, 0.4) is 0 Å². The molecule has 2 heterocycles. The van der Waals surface area contributed by atoms with E-state index in [-0.39, 0.29) is 40.4 Å². The second-order valence-electron chi connectivity index (χ2n) is 8.49. The van der Waals surface area contributed by atoms with E-state index >= 15 is 4.39 Å². The molecule has 0 saturated carbocycles. The van der Waals surface area contributed by atoms with Crippen molar-refractivity contribution in [3.63, 3.8) is 0 Å². The molecule has 6 nitrogen and oxygen atoms in total. The molecule has 4 aromatic rings. The third-order valence-electron chi connectivity index (χ3n) is 6.45. The fourth-order valence-corrected chi connectivity index (χ4v) is 6.05. The second-order valence-corrected chi connectivity index (χ2v) is 9.65. The molecule has 35 heavy (non-hydrogen) atoms. The highest BCUT2D eigenvalue weighted by atomic mass is 35.5. The van der Waals surface area contributed by atoms with Crippen LogP contribution in [-0.4, -0.2) is 57.7 Å². The molecule has 1 atom stereocenters. The average Bonchev–Trinajstić information content (AvgIpc) is 3.27. The van der Waals surface area contributed by atoms with Crippen LogP contribution in [0.2, 0.25) is 5.02 Å². The van der Waals surface area contributed by atoms with Gasteiger partial charge in [0.2, 0.25) is 5.91 Å². The Kier molecular flexibility index (Phi) is 6.35. The number of anilines is 1. The SMILES string of the molecule is C=CC(=O)N1CCN(c2snc3c(F)c(-c4cc(O)cc5ccccc45)c(Cl)cc23)[C@H](CCO)C1. The lowest BCUT2D eigenvalue weighted by Crippen LogP contribution is -2.54. The maximum absolute atomic E-state index is 16.0. The normalized spacial score (nSPS) is 16.3. The second kappa shape index (κ2) is 9.45. The molecule has 0 spiro atoms. The van der Waals surface area contributed by atoms with E-state index < -0.39 is 5.82 Å². The fraction of sp³-hybridized carbons (Fsp3) is 0.231. The number of aromatic nitrogens is 1. The Labute approximate surface area is 210 Å². The Morgan fingerprint density at radius 1 is 1.26 bits per heavy atom. The van der Waals surface area contributed by atoms with Gasteiger partial charge in [-0.15, -0.1) is 0 Å². The number of halogens is 2. The molecule has 1 aliphatic heterocycles. The Bertz CT molecular complexity index is 1460. The quantitative estimate of drug-likeness (QED) is 0.360. The summed E-state index contributed by atoms with van der Waals surface area (Å²) in [5.41, 5.74) is 0.884. The van der Waals surface area contributed by atoms with Crippen molar-refractivity contribution in [1.82, 2.24) is 9.27 Å². The predicted molar refractivity (Wildman–Crippen MR) is 139 cm³/mol. The Hall–Kier alpha value is -3.20. The molecule has 1 aliphatic rings. The summed E-state index contributed by atoms with van der Waals surface area (Å²) in [6, 6.07) is 12.1. The van der Waals surface area contributed by atoms with Crippen LogP contribution < -0.4 is 4.90 Å². The fourth-order valence-electron chi connectivity index (χ4n) is 4.80. The Morgan fingerprint density at radius 3 is 2.83 bits per heavy atom. The lowest BCUT2D eigenvalue weighted by molar-refractivity contribution is -0.126. The van der Waals surface area contributed by atoms with Gasteiger partial charge in [-0.2, -0.15) is 4.37 Å². The number of hydrogen-bond acceptors (Lipinski definition) is 6. The molecule has 180 valence electrons. The van der Waals surface area contributed by atoms with Gasteiger partial charge in [0.1, 0.15) is 16.3 Å². The first-order chi connectivity index (χ1) is 16.9. The first-order valence-corrected chi connectivity index (χ1v) is 12.4. The van der Waals surface area contributed by atoms with E-state index in [4.69, 9.17) is 11.6 Å². The summed E-state index contributed by atoms with van der Waals surface area (Å²) < 4.78 is 20.4. The summed E-state index contributed by atoms with van der Waals surface area (Å²) >= 11 is 7.85. The van der Waals surface area contributed by atoms with Gasteiger partial charge in [-0.3, -0.25) is 4.79 Å². The molecular formula is C26H23ClFN3O3S. The smallest absolute Gasteiger partial charge is 0.246 e. The molecule has 1 fully saturated rings. The first-order valence-electron chi connectivity index (χ1n) is 11.2. The molecule has 3 aromatic carbocycles. The zero-order valence-corrected chi connectivity index (χ0v) is 20.3. The van der Waals surface area contributed by atoms with Crippen molar-refractivity contribution in [3.8, 4) is 16.9 Å². The summed E-state index contributed by atoms with van der Waals surface area (Å²) in [5, 5.41) is 23.0. The van der Waals surface area contributed by atoms with Crippen molar-refractivity contribution in [2.75, 3.05) is 31.1 Å². The van der Waals surface area contributed by atoms with Gasteiger partial charge in [0.05, 0.1) is 5.02 Å². The number of benzene rings is 3. The van der Waals surface area contributed by atoms with Crippen molar-refractivity contribution in [3.05, 3.63) is 66.0 Å². The number of fused-ring (bicyclic) bond motifs is 2. The van der Waals surface area contributed by atoms with Crippen molar-refractivity contribution in [1.29, 1.82) is 0 Å². The van der Waals surface area contributed by atoms with Crippen LogP contribution in [0.5, 0.6) is 5.75 Å². The van der Waals surface area contributed by atoms with Crippen molar-refractivity contribution < 1.29 is 19.4 Å². The number of aromatic hydroxyl groups is 1. The zero-order valence-electron chi connectivity index (χ0n) is 18.7. The maximum atomic E-state index is 16.0. The van der Waals surface area contributed by atoms with Gasteiger partial charge in [0.15, 0.2) is 5.82 Å². The average molecular weight is 512 g/mol. The number of rotatable bonds is 5. The summed E-state index contributed by atoms with van der Waals surface area (Å²) in [4.78, 5) is 15.9. The van der Waals surface area contributed by atoms with E-state index in [1.807, 2.05) is 24.3 Å². The van der Waals surface area contributed by atoms with Gasteiger partial charge >= 0.3 is 0 Å². The van der Waals surface area contributed by atoms with Gasteiger partial charge in [0, 0.05) is 43.2 Å². The minimum Gasteiger partial charge on any atom is -0.508 e. The first kappa shape index (κ1) is 23.5. The third kappa shape index (κ3) is 4.11. The molecule has 5 rings (SSSR count). The Morgan fingerprint density at radius 2 is 2.06 bits per heavy atom. The lowest BCUT2D eigenvalue weighted by atomic mass is 9.96. The van der Waals surface area contributed by atoms with Crippen LogP contribution >= 0.6 is 23.1 Å². The van der Waals surface area contributed by atoms with Crippen LogP contribution in [0.25, 0.3) is 32.8 Å². The van der Waals surface area contributed by atoms with Crippen LogP contribution in [0.15, 0.2) is 55.1 Å². The number of piperazine rings is 1. The van der Waals surface area contributed by atoms with E-state index in [9.17, 15) is 15.0 Å². The minimum atomic E-state index is -0.551. The zero-order chi connectivity index (χ0) is 24.7. The number of carbonyl (C=O) groups is 1. The summed E-state index contributed by atoms with van der Waals surface area (Å²) in [6.07, 6.45) is 1.74. The highest BCUT2D eigenvalue weighted by Gasteiger charge is 2.32. The van der Waals surface area contributed by atoms with Crippen LogP contribution in [-0.2, 0) is 4.79 Å². The summed E-state index contributed by atoms with van der Waals surface area (Å²) in [7, 11) is 0. The van der Waals surface area contributed by atoms with Crippen LogP contribution in [0, 0.1) is 5.82 Å². The number of phenolic OH excluding ortho intramolecular Hbond substituents is 1. The van der Waals surface area contributed by atoms with Crippen LogP contribution in [0.4, 0.5) is 9.39 Å². The van der Waals surface area contributed by atoms with Gasteiger partial charge in [-0.1, -0.05) is 42.4 Å². The van der Waals surface area contributed by atoms with Crippen molar-refractivity contribution in [2.24, 2.45) is 0 Å². The van der Waals surface area contributed by atoms with Gasteiger partial charge in [-0.05, 0) is 58.6 Å². The molecule has 1 aromatic heterocycles. The van der Waals surface area contributed by atoms with E-state index in [0.29, 0.717) is 37.0 Å². The van der Waals surface area contributed by atoms with Crippen molar-refractivity contribution in [2.45, 2.75) is 12.5 Å². The molecule has 0 radical (unpaired) electrons. The van der Waals surface area contributed by atoms with E-state index in [2.05, 4.69) is 15.9 Å². The molecule has 0 bridgehead atoms. The maximum Gasteiger partial charge on any atom is 0.246 e. The topological polar surface area (TPSA) is 76.9 Å². The third-order valence-corrected chi connectivity index (χ3v) is 7.65. The Balaban J connectivity index is 1.61. The van der Waals surface area contributed by atoms with Crippen molar-refractivity contribution >= 4 is 55.7 Å². The minimum absolute atomic E-state index is 0.0204. The number of phenols is 1. The molecule has 1 saturated heterocycles. The standard InChI is InChI=1S/C26H23ClFN3O3S/c1-2-22(34)30-8-9-31(16(14-30)7-10-32)26-20-13-21(27)23(24(28)25(20)29-35-26)19-12-17(33)11-15-5-3-4-6-18(15)19/h2-6,11-13,16,32-33H,1,7-10,14H2/t16-/m1/s1. The summed E-state index contributed by atoms with van der Waals surface area (Å²) in [5.74, 6) is -0.684. The molecule has 1 amide bonds. The molecule has 0 unspecified atom stereocenters. The van der Waals surface area contributed by atoms with Gasteiger partial charge < -0.3 is 20.0 Å².